The molecule has 0 aliphatic carbocycles. The molecule has 2 heterocycles. The van der Waals surface area contributed by atoms with Crippen LogP contribution in [-0.4, -0.2) is 29.3 Å². The van der Waals surface area contributed by atoms with Gasteiger partial charge in [-0.3, -0.25) is 9.59 Å². The van der Waals surface area contributed by atoms with Gasteiger partial charge in [-0.05, 0) is 29.9 Å². The maximum Gasteiger partial charge on any atom is 0.243 e. The summed E-state index contributed by atoms with van der Waals surface area (Å²) in [4.78, 5) is 26.8. The summed E-state index contributed by atoms with van der Waals surface area (Å²) in [5, 5.41) is 4.68. The number of rotatable bonds is 3. The molecule has 1 aliphatic rings. The minimum atomic E-state index is -0.354. The molecule has 2 rings (SSSR count). The average Bonchev–Trinajstić information content (AvgIpc) is 2.69. The van der Waals surface area contributed by atoms with Crippen molar-refractivity contribution in [2.75, 3.05) is 6.54 Å². The Hall–Kier alpha value is -1.36. The topological polar surface area (TPSA) is 49.4 Å². The number of piperazine rings is 1. The molecule has 4 nitrogen and oxygen atoms in total. The summed E-state index contributed by atoms with van der Waals surface area (Å²) in [5.74, 6) is 0.0782. The summed E-state index contributed by atoms with van der Waals surface area (Å²) in [6.45, 7) is 6.63. The van der Waals surface area contributed by atoms with Crippen LogP contribution in [0, 0.1) is 12.8 Å². The number of thiophene rings is 1. The molecular formula is C13H18N2O2S. The fraction of sp³-hybridized carbons (Fsp3) is 0.538. The highest BCUT2D eigenvalue weighted by molar-refractivity contribution is 7.10. The second kappa shape index (κ2) is 5.10. The van der Waals surface area contributed by atoms with Gasteiger partial charge in [0.25, 0.3) is 0 Å². The molecule has 0 spiro atoms. The Labute approximate surface area is 111 Å². The lowest BCUT2D eigenvalue weighted by Gasteiger charge is -2.37. The quantitative estimate of drug-likeness (QED) is 0.902. The van der Waals surface area contributed by atoms with Crippen molar-refractivity contribution in [1.29, 1.82) is 0 Å². The van der Waals surface area contributed by atoms with Crippen molar-refractivity contribution in [1.82, 2.24) is 10.2 Å². The molecule has 0 radical (unpaired) electrons. The molecule has 1 saturated heterocycles. The molecule has 1 aromatic heterocycles. The van der Waals surface area contributed by atoms with E-state index in [1.807, 2.05) is 32.2 Å². The van der Waals surface area contributed by atoms with Gasteiger partial charge in [-0.15, -0.1) is 11.3 Å². The van der Waals surface area contributed by atoms with Gasteiger partial charge in [0.15, 0.2) is 0 Å². The average molecular weight is 266 g/mol. The van der Waals surface area contributed by atoms with Crippen LogP contribution < -0.4 is 5.32 Å². The second-order valence-corrected chi connectivity index (χ2v) is 5.96. The van der Waals surface area contributed by atoms with Crippen molar-refractivity contribution < 1.29 is 9.59 Å². The smallest absolute Gasteiger partial charge is 0.243 e. The molecule has 1 aromatic rings. The zero-order valence-electron chi connectivity index (χ0n) is 10.9. The van der Waals surface area contributed by atoms with E-state index in [-0.39, 0.29) is 30.3 Å². The third-order valence-corrected chi connectivity index (χ3v) is 4.26. The second-order valence-electron chi connectivity index (χ2n) is 4.96. The summed E-state index contributed by atoms with van der Waals surface area (Å²) in [7, 11) is 0. The first-order chi connectivity index (χ1) is 8.50. The minimum Gasteiger partial charge on any atom is -0.345 e. The van der Waals surface area contributed by atoms with E-state index in [0.717, 1.165) is 4.88 Å². The van der Waals surface area contributed by atoms with Gasteiger partial charge in [-0.2, -0.15) is 0 Å². The van der Waals surface area contributed by atoms with E-state index in [4.69, 9.17) is 0 Å². The van der Waals surface area contributed by atoms with Crippen molar-refractivity contribution in [2.24, 2.45) is 5.92 Å². The van der Waals surface area contributed by atoms with Gasteiger partial charge in [-0.1, -0.05) is 13.8 Å². The zero-order valence-corrected chi connectivity index (χ0v) is 11.7. The highest BCUT2D eigenvalue weighted by Crippen LogP contribution is 2.23. The number of nitrogens with one attached hydrogen (secondary N) is 1. The molecule has 1 atom stereocenters. The van der Waals surface area contributed by atoms with Gasteiger partial charge < -0.3 is 10.2 Å². The Morgan fingerprint density at radius 2 is 2.22 bits per heavy atom. The number of hydrogen-bond acceptors (Lipinski definition) is 3. The van der Waals surface area contributed by atoms with Gasteiger partial charge in [0.2, 0.25) is 11.8 Å². The molecule has 1 N–H and O–H groups in total. The standard InChI is InChI=1S/C13H18N2O2S/c1-8(2)12-13(17)14-6-11(16)15(12)7-10-9(3)4-5-18-10/h4-5,8,12H,6-7H2,1-3H3,(H,14,17). The normalized spacial score (nSPS) is 20.4. The fourth-order valence-corrected chi connectivity index (χ4v) is 3.14. The van der Waals surface area contributed by atoms with E-state index < -0.39 is 0 Å². The monoisotopic (exact) mass is 266 g/mol. The van der Waals surface area contributed by atoms with Crippen LogP contribution in [0.15, 0.2) is 11.4 Å². The van der Waals surface area contributed by atoms with Crippen LogP contribution in [0.4, 0.5) is 0 Å². The Balaban J connectivity index is 2.23. The maximum atomic E-state index is 12.0. The molecule has 1 aliphatic heterocycles. The predicted molar refractivity (Wildman–Crippen MR) is 71.2 cm³/mol. The van der Waals surface area contributed by atoms with Crippen LogP contribution >= 0.6 is 11.3 Å². The van der Waals surface area contributed by atoms with Gasteiger partial charge in [0.05, 0.1) is 13.1 Å². The van der Waals surface area contributed by atoms with Crippen LogP contribution in [0.5, 0.6) is 0 Å². The largest absolute Gasteiger partial charge is 0.345 e. The van der Waals surface area contributed by atoms with Gasteiger partial charge in [0.1, 0.15) is 6.04 Å². The SMILES string of the molecule is Cc1ccsc1CN1C(=O)CNC(=O)C1C(C)C. The van der Waals surface area contributed by atoms with Crippen LogP contribution in [-0.2, 0) is 16.1 Å². The third kappa shape index (κ3) is 2.41. The summed E-state index contributed by atoms with van der Waals surface area (Å²) in [6, 6.07) is 1.69. The molecule has 1 unspecified atom stereocenters. The minimum absolute atomic E-state index is 0.00102. The number of carbonyl (C=O) groups excluding carboxylic acids is 2. The lowest BCUT2D eigenvalue weighted by Crippen LogP contribution is -2.59. The molecule has 1 fully saturated rings. The van der Waals surface area contributed by atoms with Gasteiger partial charge in [-0.25, -0.2) is 0 Å². The first-order valence-electron chi connectivity index (χ1n) is 6.11. The molecule has 0 aromatic carbocycles. The summed E-state index contributed by atoms with van der Waals surface area (Å²) in [6.07, 6.45) is 0. The first-order valence-corrected chi connectivity index (χ1v) is 6.99. The van der Waals surface area contributed by atoms with Crippen LogP contribution in [0.2, 0.25) is 0 Å². The van der Waals surface area contributed by atoms with Crippen molar-refractivity contribution in [3.8, 4) is 0 Å². The van der Waals surface area contributed by atoms with Crippen molar-refractivity contribution in [3.05, 3.63) is 21.9 Å². The fourth-order valence-electron chi connectivity index (χ4n) is 2.24. The number of amides is 2. The number of carbonyl (C=O) groups is 2. The van der Waals surface area contributed by atoms with Crippen LogP contribution in [0.1, 0.15) is 24.3 Å². The van der Waals surface area contributed by atoms with Crippen LogP contribution in [0.25, 0.3) is 0 Å². The van der Waals surface area contributed by atoms with E-state index in [2.05, 4.69) is 5.32 Å². The maximum absolute atomic E-state index is 12.0. The molecule has 0 saturated carbocycles. The molecule has 98 valence electrons. The Kier molecular flexibility index (Phi) is 3.71. The molecule has 2 amide bonds. The number of nitrogens with zero attached hydrogens (tertiary/aromatic N) is 1. The molecule has 5 heteroatoms. The van der Waals surface area contributed by atoms with E-state index >= 15 is 0 Å². The molecular weight excluding hydrogens is 248 g/mol. The third-order valence-electron chi connectivity index (χ3n) is 3.25. The van der Waals surface area contributed by atoms with Crippen molar-refractivity contribution >= 4 is 23.2 Å². The van der Waals surface area contributed by atoms with Crippen molar-refractivity contribution in [3.63, 3.8) is 0 Å². The molecule has 0 bridgehead atoms. The van der Waals surface area contributed by atoms with E-state index in [9.17, 15) is 9.59 Å². The van der Waals surface area contributed by atoms with Gasteiger partial charge >= 0.3 is 0 Å². The highest BCUT2D eigenvalue weighted by atomic mass is 32.1. The number of hydrogen-bond donors (Lipinski definition) is 1. The molecule has 18 heavy (non-hydrogen) atoms. The summed E-state index contributed by atoms with van der Waals surface area (Å²) < 4.78 is 0. The predicted octanol–water partition coefficient (Wildman–Crippen LogP) is 1.54. The van der Waals surface area contributed by atoms with Crippen LogP contribution in [0.3, 0.4) is 0 Å². The Bertz CT molecular complexity index is 467. The van der Waals surface area contributed by atoms with E-state index in [1.54, 1.807) is 16.2 Å². The zero-order chi connectivity index (χ0) is 13.3. The highest BCUT2D eigenvalue weighted by Gasteiger charge is 2.36. The lowest BCUT2D eigenvalue weighted by atomic mass is 9.99. The van der Waals surface area contributed by atoms with Crippen molar-refractivity contribution in [2.45, 2.75) is 33.4 Å². The van der Waals surface area contributed by atoms with E-state index in [0.29, 0.717) is 6.54 Å². The lowest BCUT2D eigenvalue weighted by molar-refractivity contribution is -0.148. The Morgan fingerprint density at radius 3 is 2.78 bits per heavy atom. The van der Waals surface area contributed by atoms with Gasteiger partial charge in [0, 0.05) is 4.88 Å². The first kappa shape index (κ1) is 13.1. The summed E-state index contributed by atoms with van der Waals surface area (Å²) >= 11 is 1.63. The Morgan fingerprint density at radius 1 is 1.50 bits per heavy atom. The van der Waals surface area contributed by atoms with E-state index in [1.165, 1.54) is 5.56 Å². The summed E-state index contributed by atoms with van der Waals surface area (Å²) in [5.41, 5.74) is 1.18. The number of aryl methyl sites for hydroxylation is 1.